The summed E-state index contributed by atoms with van der Waals surface area (Å²) >= 11 is 0. The summed E-state index contributed by atoms with van der Waals surface area (Å²) in [6.45, 7) is 0. The average molecular weight is 292 g/mol. The third-order valence-electron chi connectivity index (χ3n) is 4.61. The molecule has 3 rings (SSSR count). The Morgan fingerprint density at radius 1 is 1.10 bits per heavy atom. The molecule has 1 aliphatic heterocycles. The number of carbonyl (C=O) groups is 1. The summed E-state index contributed by atoms with van der Waals surface area (Å²) in [6.07, 6.45) is 4.82. The molecule has 0 amide bonds. The molecule has 20 heavy (non-hydrogen) atoms. The van der Waals surface area contributed by atoms with Gasteiger partial charge in [-0.2, -0.15) is 0 Å². The lowest BCUT2D eigenvalue weighted by Gasteiger charge is -2.25. The van der Waals surface area contributed by atoms with Crippen LogP contribution in [0, 0.1) is 5.92 Å². The summed E-state index contributed by atoms with van der Waals surface area (Å²) in [5.74, 6) is 1.19. The molecule has 3 nitrogen and oxygen atoms in total. The highest BCUT2D eigenvalue weighted by Crippen LogP contribution is 2.36. The van der Waals surface area contributed by atoms with Gasteiger partial charge in [0.25, 0.3) is 0 Å². The van der Waals surface area contributed by atoms with E-state index < -0.39 is 9.84 Å². The van der Waals surface area contributed by atoms with Crippen LogP contribution in [0.3, 0.4) is 0 Å². The van der Waals surface area contributed by atoms with Gasteiger partial charge >= 0.3 is 0 Å². The molecule has 1 atom stereocenters. The molecule has 1 aromatic rings. The van der Waals surface area contributed by atoms with E-state index in [9.17, 15) is 13.2 Å². The third kappa shape index (κ3) is 2.95. The molecule has 108 valence electrons. The summed E-state index contributed by atoms with van der Waals surface area (Å²) in [5.41, 5.74) is 2.05. The van der Waals surface area contributed by atoms with Crippen LogP contribution in [0.1, 0.15) is 53.9 Å². The van der Waals surface area contributed by atoms with Crippen LogP contribution in [0.15, 0.2) is 24.3 Å². The Labute approximate surface area is 120 Å². The second-order valence-corrected chi connectivity index (χ2v) is 8.37. The number of hydrogen-bond acceptors (Lipinski definition) is 3. The second-order valence-electron chi connectivity index (χ2n) is 6.15. The van der Waals surface area contributed by atoms with Crippen LogP contribution >= 0.6 is 0 Å². The van der Waals surface area contributed by atoms with E-state index in [-0.39, 0.29) is 23.2 Å². The highest BCUT2D eigenvalue weighted by molar-refractivity contribution is 7.91. The maximum atomic E-state index is 12.2. The zero-order chi connectivity index (χ0) is 14.2. The molecule has 0 N–H and O–H groups in total. The molecule has 0 bridgehead atoms. The van der Waals surface area contributed by atoms with Gasteiger partial charge in [-0.1, -0.05) is 30.7 Å². The predicted molar refractivity (Wildman–Crippen MR) is 78.7 cm³/mol. The van der Waals surface area contributed by atoms with Gasteiger partial charge in [0.05, 0.1) is 11.5 Å². The molecule has 0 spiro atoms. The quantitative estimate of drug-likeness (QED) is 0.802. The van der Waals surface area contributed by atoms with Crippen LogP contribution < -0.4 is 0 Å². The van der Waals surface area contributed by atoms with Gasteiger partial charge in [-0.25, -0.2) is 8.42 Å². The van der Waals surface area contributed by atoms with Crippen molar-refractivity contribution in [2.45, 2.75) is 38.0 Å². The zero-order valence-corrected chi connectivity index (χ0v) is 12.4. The molecular formula is C16H20O3S. The number of Topliss-reactive ketones (excluding diaryl/α,β-unsaturated/α-hetero) is 1. The highest BCUT2D eigenvalue weighted by Gasteiger charge is 2.29. The van der Waals surface area contributed by atoms with Crippen LogP contribution in [-0.4, -0.2) is 25.7 Å². The van der Waals surface area contributed by atoms with Crippen molar-refractivity contribution in [1.29, 1.82) is 0 Å². The number of carbonyl (C=O) groups excluding carboxylic acids is 1. The third-order valence-corrected chi connectivity index (χ3v) is 6.45. The maximum absolute atomic E-state index is 12.2. The van der Waals surface area contributed by atoms with Crippen LogP contribution in [0.5, 0.6) is 0 Å². The van der Waals surface area contributed by atoms with Crippen LogP contribution in [0.25, 0.3) is 0 Å². The highest BCUT2D eigenvalue weighted by atomic mass is 32.2. The molecule has 1 aromatic carbocycles. The van der Waals surface area contributed by atoms with E-state index in [1.807, 2.05) is 12.1 Å². The number of rotatable bonds is 4. The Morgan fingerprint density at radius 2 is 1.80 bits per heavy atom. The van der Waals surface area contributed by atoms with Crippen molar-refractivity contribution in [2.75, 3.05) is 11.5 Å². The van der Waals surface area contributed by atoms with E-state index >= 15 is 0 Å². The Balaban J connectivity index is 1.62. The van der Waals surface area contributed by atoms with Crippen molar-refractivity contribution >= 4 is 15.6 Å². The van der Waals surface area contributed by atoms with Gasteiger partial charge in [0.1, 0.15) is 0 Å². The molecule has 2 fully saturated rings. The number of hydrogen-bond donors (Lipinski definition) is 0. The molecule has 1 heterocycles. The maximum Gasteiger partial charge on any atom is 0.163 e. The first-order valence-electron chi connectivity index (χ1n) is 7.37. The summed E-state index contributed by atoms with van der Waals surface area (Å²) in [5, 5.41) is 0. The fourth-order valence-corrected chi connectivity index (χ4v) is 4.96. The van der Waals surface area contributed by atoms with Gasteiger partial charge in [-0.15, -0.1) is 0 Å². The van der Waals surface area contributed by atoms with Gasteiger partial charge in [0, 0.05) is 12.0 Å². The standard InChI is InChI=1S/C16H20O3S/c17-16(10-12-8-9-20(18,19)11-12)15-6-4-14(5-7-15)13-2-1-3-13/h4-7,12-13H,1-3,8-11H2. The number of ketones is 1. The summed E-state index contributed by atoms with van der Waals surface area (Å²) in [4.78, 5) is 12.2. The van der Waals surface area contributed by atoms with E-state index in [1.165, 1.54) is 24.8 Å². The summed E-state index contributed by atoms with van der Waals surface area (Å²) in [7, 11) is -2.89. The molecule has 0 aromatic heterocycles. The predicted octanol–water partition coefficient (Wildman–Crippen LogP) is 2.96. The first kappa shape index (κ1) is 13.8. The molecule has 1 aliphatic carbocycles. The Hall–Kier alpha value is -1.16. The van der Waals surface area contributed by atoms with Crippen LogP contribution in [-0.2, 0) is 9.84 Å². The molecule has 2 aliphatic rings. The van der Waals surface area contributed by atoms with Crippen molar-refractivity contribution in [1.82, 2.24) is 0 Å². The van der Waals surface area contributed by atoms with Gasteiger partial charge in [-0.3, -0.25) is 4.79 Å². The first-order chi connectivity index (χ1) is 9.53. The molecule has 1 unspecified atom stereocenters. The Morgan fingerprint density at radius 3 is 2.30 bits per heavy atom. The second kappa shape index (κ2) is 5.32. The summed E-state index contributed by atoms with van der Waals surface area (Å²) < 4.78 is 22.8. The number of benzene rings is 1. The normalized spacial score (nSPS) is 25.3. The fourth-order valence-electron chi connectivity index (χ4n) is 3.10. The smallest absolute Gasteiger partial charge is 0.163 e. The monoisotopic (exact) mass is 292 g/mol. The SMILES string of the molecule is O=C(CC1CCS(=O)(=O)C1)c1ccc(C2CCC2)cc1. The van der Waals surface area contributed by atoms with Crippen molar-refractivity contribution in [3.8, 4) is 0 Å². The lowest BCUT2D eigenvalue weighted by atomic mass is 9.80. The van der Waals surface area contributed by atoms with Crippen molar-refractivity contribution < 1.29 is 13.2 Å². The topological polar surface area (TPSA) is 51.2 Å². The molecule has 1 saturated carbocycles. The van der Waals surface area contributed by atoms with Crippen molar-refractivity contribution in [2.24, 2.45) is 5.92 Å². The minimum absolute atomic E-state index is 0.0128. The van der Waals surface area contributed by atoms with E-state index in [4.69, 9.17) is 0 Å². The van der Waals surface area contributed by atoms with Crippen molar-refractivity contribution in [3.63, 3.8) is 0 Å². The van der Waals surface area contributed by atoms with E-state index in [1.54, 1.807) is 0 Å². The molecule has 4 heteroatoms. The van der Waals surface area contributed by atoms with Gasteiger partial charge in [-0.05, 0) is 36.7 Å². The zero-order valence-electron chi connectivity index (χ0n) is 11.5. The molecule has 0 radical (unpaired) electrons. The molecule has 1 saturated heterocycles. The minimum atomic E-state index is -2.89. The Kier molecular flexibility index (Phi) is 3.67. The van der Waals surface area contributed by atoms with Gasteiger partial charge < -0.3 is 0 Å². The van der Waals surface area contributed by atoms with Crippen LogP contribution in [0.2, 0.25) is 0 Å². The average Bonchev–Trinajstić information content (AvgIpc) is 2.67. The van der Waals surface area contributed by atoms with Gasteiger partial charge in [0.2, 0.25) is 0 Å². The van der Waals surface area contributed by atoms with E-state index in [0.717, 1.165) is 5.56 Å². The first-order valence-corrected chi connectivity index (χ1v) is 9.19. The Bertz CT molecular complexity index is 597. The van der Waals surface area contributed by atoms with E-state index in [2.05, 4.69) is 12.1 Å². The lowest BCUT2D eigenvalue weighted by molar-refractivity contribution is 0.0965. The minimum Gasteiger partial charge on any atom is -0.294 e. The lowest BCUT2D eigenvalue weighted by Crippen LogP contribution is -2.12. The van der Waals surface area contributed by atoms with E-state index in [0.29, 0.717) is 18.8 Å². The molecular weight excluding hydrogens is 272 g/mol. The largest absolute Gasteiger partial charge is 0.294 e. The van der Waals surface area contributed by atoms with Crippen LogP contribution in [0.4, 0.5) is 0 Å². The van der Waals surface area contributed by atoms with Gasteiger partial charge in [0.15, 0.2) is 15.6 Å². The number of sulfone groups is 1. The summed E-state index contributed by atoms with van der Waals surface area (Å²) in [6, 6.07) is 7.92. The fraction of sp³-hybridized carbons (Fsp3) is 0.562. The van der Waals surface area contributed by atoms with Crippen molar-refractivity contribution in [3.05, 3.63) is 35.4 Å².